The average Bonchev–Trinajstić information content (AvgIpc) is 2.81. The molecule has 2 saturated heterocycles. The number of aliphatic imine (C=N–C) groups is 1. The number of carbonyl (C=O) groups excluding carboxylic acids is 1. The minimum Gasteiger partial charge on any atom is -0.376 e. The van der Waals surface area contributed by atoms with Crippen molar-refractivity contribution in [3.63, 3.8) is 0 Å². The number of nitrogens with zero attached hydrogens (tertiary/aromatic N) is 2. The van der Waals surface area contributed by atoms with Gasteiger partial charge in [0.25, 0.3) is 5.91 Å². The molecule has 2 fully saturated rings. The Balaban J connectivity index is 0.00000341. The zero-order chi connectivity index (χ0) is 21.2. The van der Waals surface area contributed by atoms with Crippen LogP contribution in [-0.4, -0.2) is 68.9 Å². The molecule has 2 aliphatic heterocycles. The summed E-state index contributed by atoms with van der Waals surface area (Å²) in [6.07, 6.45) is 6.18. The summed E-state index contributed by atoms with van der Waals surface area (Å²) in [5.74, 6) is 0.875. The zero-order valence-electron chi connectivity index (χ0n) is 18.8. The highest BCUT2D eigenvalue weighted by Gasteiger charge is 2.23. The quantitative estimate of drug-likeness (QED) is 0.314. The molecule has 1 unspecified atom stereocenters. The summed E-state index contributed by atoms with van der Waals surface area (Å²) in [5, 5.41) is 6.05. The van der Waals surface area contributed by atoms with E-state index in [1.165, 1.54) is 12.8 Å². The lowest BCUT2D eigenvalue weighted by Crippen LogP contribution is -2.47. The van der Waals surface area contributed by atoms with Gasteiger partial charge in [-0.3, -0.25) is 4.79 Å². The molecule has 0 saturated carbocycles. The van der Waals surface area contributed by atoms with Crippen molar-refractivity contribution in [3.8, 4) is 0 Å². The fraction of sp³-hybridized carbons (Fsp3) is 0.652. The van der Waals surface area contributed by atoms with Crippen LogP contribution in [0.2, 0.25) is 0 Å². The van der Waals surface area contributed by atoms with Gasteiger partial charge in [0.15, 0.2) is 5.96 Å². The summed E-state index contributed by atoms with van der Waals surface area (Å²) in [5.41, 5.74) is 1.75. The van der Waals surface area contributed by atoms with Crippen molar-refractivity contribution in [2.75, 3.05) is 39.9 Å². The molecule has 0 spiro atoms. The van der Waals surface area contributed by atoms with E-state index in [9.17, 15) is 4.79 Å². The van der Waals surface area contributed by atoms with Crippen LogP contribution >= 0.6 is 24.0 Å². The first-order valence-corrected chi connectivity index (χ1v) is 11.3. The van der Waals surface area contributed by atoms with Gasteiger partial charge in [-0.05, 0) is 56.7 Å². The Labute approximate surface area is 203 Å². The lowest BCUT2D eigenvalue weighted by Gasteiger charge is -2.35. The first-order valence-electron chi connectivity index (χ1n) is 11.3. The Morgan fingerprint density at radius 1 is 1.19 bits per heavy atom. The van der Waals surface area contributed by atoms with Gasteiger partial charge >= 0.3 is 0 Å². The van der Waals surface area contributed by atoms with Crippen molar-refractivity contribution >= 4 is 35.8 Å². The third kappa shape index (κ3) is 8.23. The Morgan fingerprint density at radius 2 is 1.94 bits per heavy atom. The molecule has 1 aromatic carbocycles. The fourth-order valence-electron chi connectivity index (χ4n) is 3.91. The fourth-order valence-corrected chi connectivity index (χ4v) is 3.91. The van der Waals surface area contributed by atoms with Gasteiger partial charge in [-0.2, -0.15) is 0 Å². The van der Waals surface area contributed by atoms with Gasteiger partial charge in [-0.1, -0.05) is 12.1 Å². The molecule has 3 rings (SSSR count). The van der Waals surface area contributed by atoms with Crippen LogP contribution in [0.1, 0.15) is 54.9 Å². The van der Waals surface area contributed by atoms with Crippen LogP contribution in [0.25, 0.3) is 0 Å². The number of ether oxygens (including phenoxy) is 2. The average molecular weight is 544 g/mol. The van der Waals surface area contributed by atoms with Crippen LogP contribution in [0.3, 0.4) is 0 Å². The molecule has 1 amide bonds. The minimum absolute atomic E-state index is 0. The highest BCUT2D eigenvalue weighted by atomic mass is 127. The highest BCUT2D eigenvalue weighted by Crippen LogP contribution is 2.18. The van der Waals surface area contributed by atoms with Crippen molar-refractivity contribution in [2.24, 2.45) is 4.99 Å². The summed E-state index contributed by atoms with van der Waals surface area (Å²) < 4.78 is 11.9. The van der Waals surface area contributed by atoms with Crippen LogP contribution in [0.15, 0.2) is 29.3 Å². The van der Waals surface area contributed by atoms with Crippen LogP contribution in [0, 0.1) is 0 Å². The number of rotatable bonds is 7. The Bertz CT molecular complexity index is 685. The summed E-state index contributed by atoms with van der Waals surface area (Å²) >= 11 is 0. The molecule has 31 heavy (non-hydrogen) atoms. The summed E-state index contributed by atoms with van der Waals surface area (Å²) in [6, 6.07) is 7.61. The third-order valence-corrected chi connectivity index (χ3v) is 5.72. The van der Waals surface area contributed by atoms with Gasteiger partial charge in [0.05, 0.1) is 25.4 Å². The lowest BCUT2D eigenvalue weighted by molar-refractivity contribution is -0.0721. The van der Waals surface area contributed by atoms with E-state index >= 15 is 0 Å². The van der Waals surface area contributed by atoms with E-state index in [0.29, 0.717) is 18.2 Å². The van der Waals surface area contributed by atoms with Gasteiger partial charge in [0.2, 0.25) is 0 Å². The number of halogens is 1. The molecule has 0 radical (unpaired) electrons. The highest BCUT2D eigenvalue weighted by molar-refractivity contribution is 14.0. The molecular weight excluding hydrogens is 507 g/mol. The van der Waals surface area contributed by atoms with Crippen molar-refractivity contribution in [1.29, 1.82) is 0 Å². The monoisotopic (exact) mass is 544 g/mol. The largest absolute Gasteiger partial charge is 0.376 e. The number of amides is 1. The van der Waals surface area contributed by atoms with E-state index in [1.54, 1.807) is 7.05 Å². The van der Waals surface area contributed by atoms with Crippen LogP contribution < -0.4 is 10.6 Å². The van der Waals surface area contributed by atoms with E-state index in [2.05, 4.69) is 22.5 Å². The van der Waals surface area contributed by atoms with Gasteiger partial charge in [-0.25, -0.2) is 4.99 Å². The number of benzene rings is 1. The number of hydrogen-bond acceptors (Lipinski definition) is 4. The number of piperidine rings is 1. The number of carbonyl (C=O) groups is 1. The second-order valence-electron chi connectivity index (χ2n) is 7.95. The number of hydrogen-bond donors (Lipinski definition) is 2. The second kappa shape index (κ2) is 13.9. The number of nitrogens with one attached hydrogen (secondary N) is 2. The maximum atomic E-state index is 11.7. The van der Waals surface area contributed by atoms with E-state index in [4.69, 9.17) is 14.5 Å². The summed E-state index contributed by atoms with van der Waals surface area (Å²) in [4.78, 5) is 18.8. The molecule has 8 heteroatoms. The van der Waals surface area contributed by atoms with Crippen LogP contribution in [0.4, 0.5) is 0 Å². The first kappa shape index (κ1) is 25.9. The molecule has 2 aliphatic rings. The molecule has 174 valence electrons. The molecule has 2 N–H and O–H groups in total. The van der Waals surface area contributed by atoms with Crippen LogP contribution in [-0.2, 0) is 16.0 Å². The molecular formula is C23H37IN4O3. The van der Waals surface area contributed by atoms with Gasteiger partial charge < -0.3 is 25.0 Å². The van der Waals surface area contributed by atoms with E-state index in [1.807, 2.05) is 24.3 Å². The Morgan fingerprint density at radius 3 is 2.55 bits per heavy atom. The van der Waals surface area contributed by atoms with Crippen molar-refractivity contribution in [1.82, 2.24) is 15.5 Å². The molecule has 0 bridgehead atoms. The van der Waals surface area contributed by atoms with Gasteiger partial charge in [0, 0.05) is 38.9 Å². The molecule has 0 aromatic heterocycles. The molecule has 7 nitrogen and oxygen atoms in total. The Hall–Kier alpha value is -1.39. The van der Waals surface area contributed by atoms with Gasteiger partial charge in [0.1, 0.15) is 0 Å². The summed E-state index contributed by atoms with van der Waals surface area (Å²) in [7, 11) is 1.64. The van der Waals surface area contributed by atoms with E-state index in [-0.39, 0.29) is 36.0 Å². The zero-order valence-corrected chi connectivity index (χ0v) is 21.1. The van der Waals surface area contributed by atoms with Gasteiger partial charge in [-0.15, -0.1) is 24.0 Å². The maximum Gasteiger partial charge on any atom is 0.251 e. The standard InChI is InChI=1S/C23H36N4O3.HI/c1-3-25-23(26-16-18-7-9-19(10-8-18)22(28)24-2)27-13-11-20(12-14-27)30-17-21-6-4-5-15-29-21;/h7-10,20-21H,3-6,11-17H2,1-2H3,(H,24,28)(H,25,26);1H. The van der Waals surface area contributed by atoms with Crippen molar-refractivity contribution in [2.45, 2.75) is 57.8 Å². The van der Waals surface area contributed by atoms with Crippen molar-refractivity contribution in [3.05, 3.63) is 35.4 Å². The van der Waals surface area contributed by atoms with E-state index < -0.39 is 0 Å². The lowest BCUT2D eigenvalue weighted by atomic mass is 10.1. The summed E-state index contributed by atoms with van der Waals surface area (Å²) in [6.45, 7) is 7.01. The molecule has 1 atom stereocenters. The maximum absolute atomic E-state index is 11.7. The van der Waals surface area contributed by atoms with Crippen LogP contribution in [0.5, 0.6) is 0 Å². The van der Waals surface area contributed by atoms with Crippen molar-refractivity contribution < 1.29 is 14.3 Å². The Kier molecular flexibility index (Phi) is 11.6. The topological polar surface area (TPSA) is 75.2 Å². The second-order valence-corrected chi connectivity index (χ2v) is 7.95. The molecule has 2 heterocycles. The normalized spacial score (nSPS) is 20.1. The molecule has 1 aromatic rings. The molecule has 0 aliphatic carbocycles. The predicted octanol–water partition coefficient (Wildman–Crippen LogP) is 3.18. The van der Waals surface area contributed by atoms with E-state index in [0.717, 1.165) is 63.6 Å². The predicted molar refractivity (Wildman–Crippen MR) is 134 cm³/mol. The first-order chi connectivity index (χ1) is 14.7. The minimum atomic E-state index is -0.0708. The number of guanidine groups is 1. The SMILES string of the molecule is CCNC(=NCc1ccc(C(=O)NC)cc1)N1CCC(OCC2CCCCO2)CC1.I. The number of likely N-dealkylation sites (tertiary alicyclic amines) is 1. The third-order valence-electron chi connectivity index (χ3n) is 5.72. The smallest absolute Gasteiger partial charge is 0.251 e.